The number of carbonyl (C=O) groups is 1. The summed E-state index contributed by atoms with van der Waals surface area (Å²) in [5.74, 6) is 0.862. The number of nitriles is 1. The second-order valence-electron chi connectivity index (χ2n) is 8.23. The predicted octanol–water partition coefficient (Wildman–Crippen LogP) is 4.66. The van der Waals surface area contributed by atoms with Crippen LogP contribution in [0.4, 0.5) is 5.00 Å². The lowest BCUT2D eigenvalue weighted by Crippen LogP contribution is -2.37. The first-order chi connectivity index (χ1) is 13.8. The Bertz CT molecular complexity index is 939. The molecule has 3 rings (SSSR count). The average Bonchev–Trinajstić information content (AvgIpc) is 3.02. The van der Waals surface area contributed by atoms with E-state index in [-0.39, 0.29) is 23.0 Å². The van der Waals surface area contributed by atoms with E-state index >= 15 is 0 Å². The summed E-state index contributed by atoms with van der Waals surface area (Å²) >= 11 is 6.84. The Morgan fingerprint density at radius 1 is 1.34 bits per heavy atom. The van der Waals surface area contributed by atoms with Gasteiger partial charge in [0, 0.05) is 4.88 Å². The Labute approximate surface area is 181 Å². The maximum Gasteiger partial charge on any atom is 0.264 e. The topological polar surface area (TPSA) is 74.2 Å². The SMILES string of the molecule is CC(C)(C)[C@H]1CCc2c(sc(NC(=S)NC(=O)COc3ccccc3)c2C#N)C1. The first-order valence-corrected chi connectivity index (χ1v) is 10.8. The predicted molar refractivity (Wildman–Crippen MR) is 120 cm³/mol. The van der Waals surface area contributed by atoms with Crippen molar-refractivity contribution < 1.29 is 9.53 Å². The molecule has 0 saturated carbocycles. The molecule has 0 radical (unpaired) electrons. The van der Waals surface area contributed by atoms with Crippen molar-refractivity contribution in [2.45, 2.75) is 40.0 Å². The van der Waals surface area contributed by atoms with Crippen LogP contribution in [-0.2, 0) is 17.6 Å². The van der Waals surface area contributed by atoms with Gasteiger partial charge in [-0.2, -0.15) is 5.26 Å². The van der Waals surface area contributed by atoms with Gasteiger partial charge in [0.2, 0.25) is 0 Å². The number of thiophene rings is 1. The van der Waals surface area contributed by atoms with Crippen LogP contribution in [0.2, 0.25) is 0 Å². The minimum absolute atomic E-state index is 0.134. The summed E-state index contributed by atoms with van der Waals surface area (Å²) in [5, 5.41) is 16.2. The van der Waals surface area contributed by atoms with Gasteiger partial charge in [0.25, 0.3) is 5.91 Å². The van der Waals surface area contributed by atoms with Gasteiger partial charge in [-0.15, -0.1) is 11.3 Å². The fourth-order valence-corrected chi connectivity index (χ4v) is 5.06. The maximum absolute atomic E-state index is 12.1. The van der Waals surface area contributed by atoms with Gasteiger partial charge in [-0.25, -0.2) is 0 Å². The molecule has 0 fully saturated rings. The fraction of sp³-hybridized carbons (Fsp3) is 0.409. The van der Waals surface area contributed by atoms with E-state index in [0.29, 0.717) is 22.2 Å². The third-order valence-corrected chi connectivity index (χ3v) is 6.57. The van der Waals surface area contributed by atoms with Gasteiger partial charge in [-0.1, -0.05) is 39.0 Å². The summed E-state index contributed by atoms with van der Waals surface area (Å²) in [4.78, 5) is 13.3. The van der Waals surface area contributed by atoms with Crippen molar-refractivity contribution in [2.24, 2.45) is 11.3 Å². The minimum Gasteiger partial charge on any atom is -0.484 e. The summed E-state index contributed by atoms with van der Waals surface area (Å²) in [6, 6.07) is 11.4. The first kappa shape index (κ1) is 21.3. The van der Waals surface area contributed by atoms with E-state index in [0.717, 1.165) is 24.8 Å². The second-order valence-corrected chi connectivity index (χ2v) is 9.74. The van der Waals surface area contributed by atoms with Crippen molar-refractivity contribution in [1.29, 1.82) is 5.26 Å². The molecule has 0 saturated heterocycles. The third-order valence-electron chi connectivity index (χ3n) is 5.19. The molecule has 2 N–H and O–H groups in total. The highest BCUT2D eigenvalue weighted by atomic mass is 32.1. The molecule has 1 atom stereocenters. The molecule has 1 aromatic carbocycles. The van der Waals surface area contributed by atoms with Gasteiger partial charge in [-0.05, 0) is 60.5 Å². The zero-order valence-electron chi connectivity index (χ0n) is 16.9. The number of rotatable bonds is 4. The molecular weight excluding hydrogens is 402 g/mol. The van der Waals surface area contributed by atoms with Gasteiger partial charge < -0.3 is 10.1 Å². The number of thiocarbonyl (C=S) groups is 1. The molecule has 152 valence electrons. The van der Waals surface area contributed by atoms with Gasteiger partial charge in [-0.3, -0.25) is 10.1 Å². The van der Waals surface area contributed by atoms with Gasteiger partial charge in [0.1, 0.15) is 16.8 Å². The Morgan fingerprint density at radius 2 is 2.07 bits per heavy atom. The van der Waals surface area contributed by atoms with E-state index < -0.39 is 0 Å². The van der Waals surface area contributed by atoms with Crippen LogP contribution >= 0.6 is 23.6 Å². The highest BCUT2D eigenvalue weighted by molar-refractivity contribution is 7.80. The largest absolute Gasteiger partial charge is 0.484 e. The number of para-hydroxylation sites is 1. The van der Waals surface area contributed by atoms with E-state index in [2.05, 4.69) is 37.5 Å². The number of benzene rings is 1. The van der Waals surface area contributed by atoms with Crippen molar-refractivity contribution in [1.82, 2.24) is 5.32 Å². The van der Waals surface area contributed by atoms with Crippen LogP contribution in [0.1, 0.15) is 43.2 Å². The van der Waals surface area contributed by atoms with E-state index in [4.69, 9.17) is 17.0 Å². The van der Waals surface area contributed by atoms with Crippen LogP contribution in [0.25, 0.3) is 0 Å². The molecule has 1 amide bonds. The third kappa shape index (κ3) is 5.34. The molecule has 0 unspecified atom stereocenters. The van der Waals surface area contributed by atoms with Gasteiger partial charge >= 0.3 is 0 Å². The molecule has 1 aliphatic carbocycles. The fourth-order valence-electron chi connectivity index (χ4n) is 3.49. The quantitative estimate of drug-likeness (QED) is 0.694. The van der Waals surface area contributed by atoms with Gasteiger partial charge in [0.15, 0.2) is 11.7 Å². The molecule has 0 bridgehead atoms. The van der Waals surface area contributed by atoms with Crippen molar-refractivity contribution in [2.75, 3.05) is 11.9 Å². The number of hydrogen-bond donors (Lipinski definition) is 2. The number of hydrogen-bond acceptors (Lipinski definition) is 5. The molecule has 0 spiro atoms. The summed E-state index contributed by atoms with van der Waals surface area (Å²) in [6.07, 6.45) is 2.96. The number of nitrogens with zero attached hydrogens (tertiary/aromatic N) is 1. The first-order valence-electron chi connectivity index (χ1n) is 9.61. The Balaban J connectivity index is 1.61. The van der Waals surface area contributed by atoms with Crippen molar-refractivity contribution in [3.63, 3.8) is 0 Å². The summed E-state index contributed by atoms with van der Waals surface area (Å²) < 4.78 is 5.42. The second kappa shape index (κ2) is 8.93. The number of amides is 1. The molecule has 7 heteroatoms. The lowest BCUT2D eigenvalue weighted by molar-refractivity contribution is -0.121. The highest BCUT2D eigenvalue weighted by Gasteiger charge is 2.32. The summed E-state index contributed by atoms with van der Waals surface area (Å²) in [5.41, 5.74) is 2.01. The van der Waals surface area contributed by atoms with Crippen LogP contribution in [0, 0.1) is 22.7 Å². The van der Waals surface area contributed by atoms with E-state index in [1.54, 1.807) is 23.5 Å². The van der Waals surface area contributed by atoms with Crippen LogP contribution < -0.4 is 15.4 Å². The Morgan fingerprint density at radius 3 is 2.72 bits per heavy atom. The van der Waals surface area contributed by atoms with Crippen molar-refractivity contribution >= 4 is 39.6 Å². The maximum atomic E-state index is 12.1. The molecule has 1 aromatic heterocycles. The normalized spacial score (nSPS) is 15.7. The zero-order chi connectivity index (χ0) is 21.0. The highest BCUT2D eigenvalue weighted by Crippen LogP contribution is 2.43. The molecule has 29 heavy (non-hydrogen) atoms. The Kier molecular flexibility index (Phi) is 6.56. The summed E-state index contributed by atoms with van der Waals surface area (Å²) in [6.45, 7) is 6.67. The Hall–Kier alpha value is -2.43. The lowest BCUT2D eigenvalue weighted by Gasteiger charge is -2.33. The molecule has 2 aromatic rings. The molecule has 0 aliphatic heterocycles. The molecule has 1 aliphatic rings. The van der Waals surface area contributed by atoms with E-state index in [1.807, 2.05) is 18.2 Å². The zero-order valence-corrected chi connectivity index (χ0v) is 18.5. The lowest BCUT2D eigenvalue weighted by atomic mass is 9.72. The standard InChI is InChI=1S/C22H25N3O2S2/c1-22(2,3)14-9-10-16-17(12-23)20(29-18(16)11-14)25-21(28)24-19(26)13-27-15-7-5-4-6-8-15/h4-8,14H,9-11,13H2,1-3H3,(H2,24,25,26,28)/t14-/m0/s1. The van der Waals surface area contributed by atoms with Crippen LogP contribution in [-0.4, -0.2) is 17.6 Å². The van der Waals surface area contributed by atoms with Crippen molar-refractivity contribution in [3.05, 3.63) is 46.3 Å². The van der Waals surface area contributed by atoms with E-state index in [1.165, 1.54) is 4.88 Å². The average molecular weight is 428 g/mol. The van der Waals surface area contributed by atoms with Crippen LogP contribution in [0.15, 0.2) is 30.3 Å². The number of fused-ring (bicyclic) bond motifs is 1. The molecule has 1 heterocycles. The van der Waals surface area contributed by atoms with Gasteiger partial charge in [0.05, 0.1) is 5.56 Å². The minimum atomic E-state index is -0.348. The van der Waals surface area contributed by atoms with E-state index in [9.17, 15) is 10.1 Å². The van der Waals surface area contributed by atoms with Crippen molar-refractivity contribution in [3.8, 4) is 11.8 Å². The summed E-state index contributed by atoms with van der Waals surface area (Å²) in [7, 11) is 0. The smallest absolute Gasteiger partial charge is 0.264 e. The monoisotopic (exact) mass is 427 g/mol. The number of ether oxygens (including phenoxy) is 1. The molecule has 5 nitrogen and oxygen atoms in total. The number of anilines is 1. The molecular formula is C22H25N3O2S2. The van der Waals surface area contributed by atoms with Crippen LogP contribution in [0.5, 0.6) is 5.75 Å². The van der Waals surface area contributed by atoms with Crippen LogP contribution in [0.3, 0.4) is 0 Å². The number of carbonyl (C=O) groups excluding carboxylic acids is 1. The number of nitrogens with one attached hydrogen (secondary N) is 2.